The SMILES string of the molecule is Nc1ncnc2c1ncn2[C@@H]1O[C@H](CO)C2OC(c3ccccc3)O[C@@H]21. The quantitative estimate of drug-likeness (QED) is 0.708. The molecular weight excluding hydrogens is 338 g/mol. The number of hydrogen-bond acceptors (Lipinski definition) is 8. The summed E-state index contributed by atoms with van der Waals surface area (Å²) in [5.74, 6) is 0.299. The lowest BCUT2D eigenvalue weighted by Crippen LogP contribution is -2.30. The average molecular weight is 355 g/mol. The molecule has 2 saturated heterocycles. The number of aromatic nitrogens is 4. The molecule has 2 aliphatic heterocycles. The lowest BCUT2D eigenvalue weighted by atomic mass is 10.1. The normalized spacial score (nSPS) is 30.7. The summed E-state index contributed by atoms with van der Waals surface area (Å²) in [6, 6.07) is 9.67. The van der Waals surface area contributed by atoms with Crippen molar-refractivity contribution in [2.45, 2.75) is 30.8 Å². The second-order valence-electron chi connectivity index (χ2n) is 6.27. The number of rotatable bonds is 3. The fraction of sp³-hybridized carbons (Fsp3) is 0.353. The molecule has 0 bridgehead atoms. The summed E-state index contributed by atoms with van der Waals surface area (Å²) < 4.78 is 19.9. The highest BCUT2D eigenvalue weighted by Crippen LogP contribution is 2.44. The number of nitrogens with zero attached hydrogens (tertiary/aromatic N) is 4. The van der Waals surface area contributed by atoms with Gasteiger partial charge in [-0.15, -0.1) is 0 Å². The van der Waals surface area contributed by atoms with Crippen LogP contribution in [0.4, 0.5) is 5.82 Å². The van der Waals surface area contributed by atoms with E-state index in [1.54, 1.807) is 10.9 Å². The molecular formula is C17H17N5O4. The maximum atomic E-state index is 9.71. The van der Waals surface area contributed by atoms with Crippen molar-refractivity contribution >= 4 is 17.0 Å². The summed E-state index contributed by atoms with van der Waals surface area (Å²) in [5.41, 5.74) is 7.83. The monoisotopic (exact) mass is 355 g/mol. The third-order valence-corrected chi connectivity index (χ3v) is 4.76. The molecule has 3 N–H and O–H groups in total. The van der Waals surface area contributed by atoms with Crippen LogP contribution < -0.4 is 5.73 Å². The molecule has 0 spiro atoms. The van der Waals surface area contributed by atoms with Crippen molar-refractivity contribution in [2.24, 2.45) is 0 Å². The van der Waals surface area contributed by atoms with Crippen molar-refractivity contribution in [3.63, 3.8) is 0 Å². The van der Waals surface area contributed by atoms with Crippen molar-refractivity contribution in [2.75, 3.05) is 12.3 Å². The van der Waals surface area contributed by atoms with Gasteiger partial charge < -0.3 is 25.1 Å². The van der Waals surface area contributed by atoms with Crippen molar-refractivity contribution < 1.29 is 19.3 Å². The molecule has 9 nitrogen and oxygen atoms in total. The van der Waals surface area contributed by atoms with Crippen LogP contribution in [0.3, 0.4) is 0 Å². The maximum absolute atomic E-state index is 9.71. The van der Waals surface area contributed by atoms with Crippen molar-refractivity contribution in [3.8, 4) is 0 Å². The minimum atomic E-state index is -0.537. The average Bonchev–Trinajstić information content (AvgIpc) is 3.36. The second-order valence-corrected chi connectivity index (χ2v) is 6.27. The fourth-order valence-electron chi connectivity index (χ4n) is 3.53. The number of hydrogen-bond donors (Lipinski definition) is 2. The molecule has 0 amide bonds. The predicted octanol–water partition coefficient (Wildman–Crippen LogP) is 0.781. The molecule has 9 heteroatoms. The zero-order valence-corrected chi connectivity index (χ0v) is 13.7. The zero-order chi connectivity index (χ0) is 17.7. The highest BCUT2D eigenvalue weighted by atomic mass is 16.8. The topological polar surface area (TPSA) is 118 Å². The molecule has 5 atom stereocenters. The summed E-state index contributed by atoms with van der Waals surface area (Å²) in [6.07, 6.45) is 0.612. The van der Waals surface area contributed by atoms with Crippen LogP contribution in [-0.2, 0) is 14.2 Å². The van der Waals surface area contributed by atoms with Crippen LogP contribution in [0.25, 0.3) is 11.2 Å². The number of fused-ring (bicyclic) bond motifs is 2. The van der Waals surface area contributed by atoms with Crippen LogP contribution in [0.15, 0.2) is 43.0 Å². The van der Waals surface area contributed by atoms with E-state index in [4.69, 9.17) is 19.9 Å². The van der Waals surface area contributed by atoms with Gasteiger partial charge in [0.1, 0.15) is 30.2 Å². The molecule has 0 radical (unpaired) electrons. The van der Waals surface area contributed by atoms with Crippen molar-refractivity contribution in [1.82, 2.24) is 19.5 Å². The number of anilines is 1. The predicted molar refractivity (Wildman–Crippen MR) is 89.7 cm³/mol. The number of aliphatic hydroxyl groups is 1. The van der Waals surface area contributed by atoms with E-state index in [0.717, 1.165) is 5.56 Å². The standard InChI is InChI=1S/C17H17N5O4/c18-14-11-15(20-7-19-14)22(8-21-11)16-13-12(10(6-23)24-16)25-17(26-13)9-4-2-1-3-5-9/h1-5,7-8,10,12-13,16-17,23H,6H2,(H2,18,19,20)/t10-,12?,13+,16-,17?/m1/s1. The van der Waals surface area contributed by atoms with Gasteiger partial charge in [0.05, 0.1) is 12.9 Å². The Labute approximate surface area is 148 Å². The highest BCUT2D eigenvalue weighted by Gasteiger charge is 2.53. The first-order chi connectivity index (χ1) is 12.8. The molecule has 2 aromatic heterocycles. The minimum absolute atomic E-state index is 0.174. The summed E-state index contributed by atoms with van der Waals surface area (Å²) in [7, 11) is 0. The Morgan fingerprint density at radius 2 is 1.85 bits per heavy atom. The van der Waals surface area contributed by atoms with Gasteiger partial charge in [-0.2, -0.15) is 0 Å². The number of nitrogen functional groups attached to an aromatic ring is 1. The third-order valence-electron chi connectivity index (χ3n) is 4.76. The Bertz CT molecular complexity index is 933. The Kier molecular flexibility index (Phi) is 3.61. The molecule has 4 heterocycles. The lowest BCUT2D eigenvalue weighted by molar-refractivity contribution is -0.153. The van der Waals surface area contributed by atoms with Gasteiger partial charge in [0.15, 0.2) is 24.0 Å². The molecule has 2 aliphatic rings. The summed E-state index contributed by atoms with van der Waals surface area (Å²) in [6.45, 7) is -0.174. The van der Waals surface area contributed by atoms with Gasteiger partial charge in [0.2, 0.25) is 0 Å². The Hall–Kier alpha value is -2.59. The minimum Gasteiger partial charge on any atom is -0.394 e. The van der Waals surface area contributed by atoms with Gasteiger partial charge in [0.25, 0.3) is 0 Å². The van der Waals surface area contributed by atoms with E-state index in [2.05, 4.69) is 15.0 Å². The molecule has 0 aliphatic carbocycles. The third kappa shape index (κ3) is 2.29. The maximum Gasteiger partial charge on any atom is 0.185 e. The van der Waals surface area contributed by atoms with E-state index in [9.17, 15) is 5.11 Å². The van der Waals surface area contributed by atoms with Crippen molar-refractivity contribution in [1.29, 1.82) is 0 Å². The van der Waals surface area contributed by atoms with E-state index in [-0.39, 0.29) is 6.61 Å². The van der Waals surface area contributed by atoms with Crippen LogP contribution in [0.2, 0.25) is 0 Å². The first-order valence-corrected chi connectivity index (χ1v) is 8.31. The van der Waals surface area contributed by atoms with E-state index in [1.807, 2.05) is 30.3 Å². The summed E-state index contributed by atoms with van der Waals surface area (Å²) in [4.78, 5) is 12.5. The van der Waals surface area contributed by atoms with Crippen LogP contribution in [0, 0.1) is 0 Å². The van der Waals surface area contributed by atoms with Gasteiger partial charge in [-0.1, -0.05) is 30.3 Å². The van der Waals surface area contributed by atoms with Gasteiger partial charge >= 0.3 is 0 Å². The second kappa shape index (κ2) is 5.99. The van der Waals surface area contributed by atoms with Gasteiger partial charge in [0, 0.05) is 5.56 Å². The number of ether oxygens (including phenoxy) is 3. The molecule has 3 aromatic rings. The Morgan fingerprint density at radius 1 is 1.04 bits per heavy atom. The van der Waals surface area contributed by atoms with Gasteiger partial charge in [-0.05, 0) is 0 Å². The molecule has 5 rings (SSSR count). The lowest BCUT2D eigenvalue weighted by Gasteiger charge is -2.20. The van der Waals surface area contributed by atoms with E-state index in [1.165, 1.54) is 6.33 Å². The van der Waals surface area contributed by atoms with E-state index >= 15 is 0 Å². The zero-order valence-electron chi connectivity index (χ0n) is 13.7. The first-order valence-electron chi connectivity index (χ1n) is 8.31. The number of nitrogens with two attached hydrogens (primary N) is 1. The van der Waals surface area contributed by atoms with Crippen LogP contribution in [0.5, 0.6) is 0 Å². The van der Waals surface area contributed by atoms with Crippen LogP contribution in [-0.4, -0.2) is 49.5 Å². The number of aliphatic hydroxyl groups excluding tert-OH is 1. The fourth-order valence-corrected chi connectivity index (χ4v) is 3.53. The summed E-state index contributed by atoms with van der Waals surface area (Å²) in [5, 5.41) is 9.71. The largest absolute Gasteiger partial charge is 0.394 e. The van der Waals surface area contributed by atoms with Crippen molar-refractivity contribution in [3.05, 3.63) is 48.5 Å². The molecule has 26 heavy (non-hydrogen) atoms. The summed E-state index contributed by atoms with van der Waals surface area (Å²) >= 11 is 0. The number of benzene rings is 1. The Morgan fingerprint density at radius 3 is 2.65 bits per heavy atom. The highest BCUT2D eigenvalue weighted by molar-refractivity contribution is 5.81. The van der Waals surface area contributed by atoms with Gasteiger partial charge in [-0.3, -0.25) is 4.57 Å². The van der Waals surface area contributed by atoms with Crippen LogP contribution >= 0.6 is 0 Å². The molecule has 0 saturated carbocycles. The van der Waals surface area contributed by atoms with Gasteiger partial charge in [-0.25, -0.2) is 15.0 Å². The molecule has 2 fully saturated rings. The van der Waals surface area contributed by atoms with E-state index in [0.29, 0.717) is 17.0 Å². The first kappa shape index (κ1) is 15.6. The molecule has 2 unspecified atom stereocenters. The molecule has 1 aromatic carbocycles. The Balaban J connectivity index is 1.51. The van der Waals surface area contributed by atoms with Crippen LogP contribution in [0.1, 0.15) is 18.1 Å². The smallest absolute Gasteiger partial charge is 0.185 e. The van der Waals surface area contributed by atoms with E-state index < -0.39 is 30.8 Å². The number of imidazole rings is 1. The molecule has 134 valence electrons.